The van der Waals surface area contributed by atoms with E-state index in [0.29, 0.717) is 24.1 Å². The molecule has 9 heteroatoms. The standard InChI is InChI=1S/C19H29BrFN5O.HI/c1-4-22-19(23-12-14-5-6-15(20)11-17(14)21)24-16-7-9-26(10-8-16)13-18(27)25(2)3;/h5-6,11,16H,4,7-10,12-13H2,1-3H3,(H2,22,23,24);1H. The number of halogens is 3. The van der Waals surface area contributed by atoms with Gasteiger partial charge in [-0.15, -0.1) is 24.0 Å². The van der Waals surface area contributed by atoms with Crippen LogP contribution in [0.25, 0.3) is 0 Å². The van der Waals surface area contributed by atoms with E-state index in [9.17, 15) is 9.18 Å². The maximum atomic E-state index is 14.0. The van der Waals surface area contributed by atoms with Gasteiger partial charge < -0.3 is 15.5 Å². The number of likely N-dealkylation sites (tertiary alicyclic amines) is 1. The SMILES string of the molecule is CCNC(=NCc1ccc(Br)cc1F)NC1CCN(CC(=O)N(C)C)CC1.I. The molecule has 0 aromatic heterocycles. The van der Waals surface area contributed by atoms with Crippen LogP contribution in [-0.4, -0.2) is 68.0 Å². The second-order valence-corrected chi connectivity index (χ2v) is 7.83. The highest BCUT2D eigenvalue weighted by Crippen LogP contribution is 2.16. The fourth-order valence-corrected chi connectivity index (χ4v) is 3.23. The number of rotatable bonds is 6. The third-order valence-electron chi connectivity index (χ3n) is 4.55. The van der Waals surface area contributed by atoms with E-state index in [-0.39, 0.29) is 42.2 Å². The van der Waals surface area contributed by atoms with Crippen molar-refractivity contribution in [3.05, 3.63) is 34.1 Å². The quantitative estimate of drug-likeness (QED) is 0.314. The first-order valence-corrected chi connectivity index (χ1v) is 10.1. The number of hydrogen-bond donors (Lipinski definition) is 2. The lowest BCUT2D eigenvalue weighted by Crippen LogP contribution is -2.50. The van der Waals surface area contributed by atoms with Crippen molar-refractivity contribution in [1.29, 1.82) is 0 Å². The summed E-state index contributed by atoms with van der Waals surface area (Å²) in [6, 6.07) is 5.31. The van der Waals surface area contributed by atoms with Crippen molar-refractivity contribution < 1.29 is 9.18 Å². The third kappa shape index (κ3) is 8.20. The van der Waals surface area contributed by atoms with Gasteiger partial charge in [0, 0.05) is 49.8 Å². The summed E-state index contributed by atoms with van der Waals surface area (Å²) in [7, 11) is 3.56. The first kappa shape index (κ1) is 25.1. The predicted octanol–water partition coefficient (Wildman–Crippen LogP) is 2.81. The highest BCUT2D eigenvalue weighted by molar-refractivity contribution is 14.0. The van der Waals surface area contributed by atoms with Crippen molar-refractivity contribution in [2.45, 2.75) is 32.4 Å². The number of nitrogens with one attached hydrogen (secondary N) is 2. The Kier molecular flexibility index (Phi) is 11.3. The molecule has 1 amide bonds. The zero-order chi connectivity index (χ0) is 19.8. The van der Waals surface area contributed by atoms with Gasteiger partial charge in [0.05, 0.1) is 13.1 Å². The molecule has 1 heterocycles. The Morgan fingerprint density at radius 3 is 2.61 bits per heavy atom. The van der Waals surface area contributed by atoms with Crippen molar-refractivity contribution >= 4 is 51.8 Å². The van der Waals surface area contributed by atoms with E-state index in [1.807, 2.05) is 13.0 Å². The number of amides is 1. The molecule has 0 radical (unpaired) electrons. The van der Waals surface area contributed by atoms with Gasteiger partial charge in [0.25, 0.3) is 0 Å². The largest absolute Gasteiger partial charge is 0.357 e. The molecule has 28 heavy (non-hydrogen) atoms. The van der Waals surface area contributed by atoms with Crippen LogP contribution in [0, 0.1) is 5.82 Å². The van der Waals surface area contributed by atoms with Gasteiger partial charge in [-0.05, 0) is 31.9 Å². The molecular weight excluding hydrogens is 540 g/mol. The molecule has 1 aliphatic rings. The number of aliphatic imine (C=N–C) groups is 1. The second kappa shape index (κ2) is 12.6. The molecular formula is C19H30BrFIN5O. The highest BCUT2D eigenvalue weighted by atomic mass is 127. The molecule has 0 aliphatic carbocycles. The van der Waals surface area contributed by atoms with Gasteiger partial charge in [-0.1, -0.05) is 22.0 Å². The summed E-state index contributed by atoms with van der Waals surface area (Å²) in [6.07, 6.45) is 1.88. The van der Waals surface area contributed by atoms with Gasteiger partial charge in [-0.3, -0.25) is 9.69 Å². The fraction of sp³-hybridized carbons (Fsp3) is 0.579. The highest BCUT2D eigenvalue weighted by Gasteiger charge is 2.22. The number of likely N-dealkylation sites (N-methyl/N-ethyl adjacent to an activating group) is 1. The molecule has 6 nitrogen and oxygen atoms in total. The monoisotopic (exact) mass is 569 g/mol. The Hall–Kier alpha value is -0.940. The van der Waals surface area contributed by atoms with Gasteiger partial charge >= 0.3 is 0 Å². The number of benzene rings is 1. The molecule has 0 saturated carbocycles. The van der Waals surface area contributed by atoms with E-state index in [0.717, 1.165) is 36.9 Å². The number of carbonyl (C=O) groups excluding carboxylic acids is 1. The Morgan fingerprint density at radius 1 is 1.36 bits per heavy atom. The lowest BCUT2D eigenvalue weighted by atomic mass is 10.1. The molecule has 1 aliphatic heterocycles. The van der Waals surface area contributed by atoms with E-state index in [4.69, 9.17) is 0 Å². The summed E-state index contributed by atoms with van der Waals surface area (Å²) in [6.45, 7) is 5.25. The minimum atomic E-state index is -0.261. The number of carbonyl (C=O) groups is 1. The zero-order valence-corrected chi connectivity index (χ0v) is 20.6. The normalized spacial score (nSPS) is 15.7. The van der Waals surface area contributed by atoms with Crippen molar-refractivity contribution in [2.75, 3.05) is 40.3 Å². The smallest absolute Gasteiger partial charge is 0.236 e. The number of guanidine groups is 1. The number of piperidine rings is 1. The average Bonchev–Trinajstić information content (AvgIpc) is 2.62. The first-order valence-electron chi connectivity index (χ1n) is 9.30. The lowest BCUT2D eigenvalue weighted by molar-refractivity contribution is -0.130. The molecule has 2 rings (SSSR count). The van der Waals surface area contributed by atoms with Crippen LogP contribution < -0.4 is 10.6 Å². The van der Waals surface area contributed by atoms with Crippen molar-refractivity contribution in [2.24, 2.45) is 4.99 Å². The molecule has 1 aromatic rings. The summed E-state index contributed by atoms with van der Waals surface area (Å²) >= 11 is 3.27. The second-order valence-electron chi connectivity index (χ2n) is 6.91. The Bertz CT molecular complexity index is 666. The van der Waals surface area contributed by atoms with E-state index in [1.165, 1.54) is 6.07 Å². The van der Waals surface area contributed by atoms with Gasteiger partial charge in [-0.25, -0.2) is 9.38 Å². The maximum absolute atomic E-state index is 14.0. The maximum Gasteiger partial charge on any atom is 0.236 e. The summed E-state index contributed by atoms with van der Waals surface area (Å²) in [5, 5.41) is 6.66. The summed E-state index contributed by atoms with van der Waals surface area (Å²) in [5.41, 5.74) is 0.562. The van der Waals surface area contributed by atoms with E-state index in [1.54, 1.807) is 25.1 Å². The molecule has 0 bridgehead atoms. The summed E-state index contributed by atoms with van der Waals surface area (Å²) in [4.78, 5) is 20.2. The van der Waals surface area contributed by atoms with Gasteiger partial charge in [0.1, 0.15) is 5.82 Å². The van der Waals surface area contributed by atoms with E-state index >= 15 is 0 Å². The molecule has 2 N–H and O–H groups in total. The van der Waals surface area contributed by atoms with Crippen molar-refractivity contribution in [3.8, 4) is 0 Å². The topological polar surface area (TPSA) is 60.0 Å². The molecule has 1 aromatic carbocycles. The van der Waals surface area contributed by atoms with Crippen LogP contribution in [0.5, 0.6) is 0 Å². The Morgan fingerprint density at radius 2 is 2.04 bits per heavy atom. The van der Waals surface area contributed by atoms with E-state index in [2.05, 4.69) is 36.5 Å². The number of nitrogens with zero attached hydrogens (tertiary/aromatic N) is 3. The van der Waals surface area contributed by atoms with Crippen LogP contribution in [0.1, 0.15) is 25.3 Å². The summed E-state index contributed by atoms with van der Waals surface area (Å²) in [5.74, 6) is 0.568. The molecule has 1 saturated heterocycles. The predicted molar refractivity (Wildman–Crippen MR) is 126 cm³/mol. The Labute approximate surface area is 192 Å². The zero-order valence-electron chi connectivity index (χ0n) is 16.7. The van der Waals surface area contributed by atoms with Crippen LogP contribution in [0.15, 0.2) is 27.7 Å². The fourth-order valence-electron chi connectivity index (χ4n) is 2.90. The summed E-state index contributed by atoms with van der Waals surface area (Å²) < 4.78 is 14.7. The molecule has 0 unspecified atom stereocenters. The van der Waals surface area contributed by atoms with Crippen LogP contribution >= 0.6 is 39.9 Å². The van der Waals surface area contributed by atoms with Gasteiger partial charge in [0.2, 0.25) is 5.91 Å². The van der Waals surface area contributed by atoms with E-state index < -0.39 is 0 Å². The first-order chi connectivity index (χ1) is 12.9. The van der Waals surface area contributed by atoms with Gasteiger partial charge in [0.15, 0.2) is 5.96 Å². The minimum absolute atomic E-state index is 0. The lowest BCUT2D eigenvalue weighted by Gasteiger charge is -2.33. The molecule has 0 atom stereocenters. The average molecular weight is 570 g/mol. The third-order valence-corrected chi connectivity index (χ3v) is 5.05. The van der Waals surface area contributed by atoms with Crippen molar-refractivity contribution in [1.82, 2.24) is 20.4 Å². The Balaban J connectivity index is 0.00000392. The minimum Gasteiger partial charge on any atom is -0.357 e. The van der Waals surface area contributed by atoms with Crippen molar-refractivity contribution in [3.63, 3.8) is 0 Å². The van der Waals surface area contributed by atoms with Crippen LogP contribution in [0.3, 0.4) is 0 Å². The number of hydrogen-bond acceptors (Lipinski definition) is 3. The molecule has 0 spiro atoms. The van der Waals surface area contributed by atoms with Crippen LogP contribution in [-0.2, 0) is 11.3 Å². The van der Waals surface area contributed by atoms with Crippen LogP contribution in [0.4, 0.5) is 4.39 Å². The molecule has 158 valence electrons. The molecule has 1 fully saturated rings. The van der Waals surface area contributed by atoms with Gasteiger partial charge in [-0.2, -0.15) is 0 Å². The van der Waals surface area contributed by atoms with Crippen LogP contribution in [0.2, 0.25) is 0 Å².